The molecule has 1 aliphatic heterocycles. The standard InChI is InChI=1S/C20H22N2O3S/c1-12-4-6-16(10-13(12)2)26-9-8-19(23)21-15-5-7-18-17(11-15)22-20(24)14(3)25-18/h4-7,10-11,14H,8-9H2,1-3H3,(H,21,23)(H,22,24)/t14-/m1/s1. The van der Waals surface area contributed by atoms with Gasteiger partial charge in [0.25, 0.3) is 5.91 Å². The van der Waals surface area contributed by atoms with Crippen molar-refractivity contribution in [2.75, 3.05) is 16.4 Å². The lowest BCUT2D eigenvalue weighted by Gasteiger charge is -2.23. The van der Waals surface area contributed by atoms with Crippen molar-refractivity contribution in [3.63, 3.8) is 0 Å². The van der Waals surface area contributed by atoms with Crippen LogP contribution in [-0.2, 0) is 9.59 Å². The second kappa shape index (κ2) is 7.83. The van der Waals surface area contributed by atoms with Crippen LogP contribution in [0.5, 0.6) is 5.75 Å². The van der Waals surface area contributed by atoms with Gasteiger partial charge in [0.2, 0.25) is 5.91 Å². The summed E-state index contributed by atoms with van der Waals surface area (Å²) in [5.74, 6) is 1.07. The number of nitrogens with one attached hydrogen (secondary N) is 2. The second-order valence-electron chi connectivity index (χ2n) is 6.35. The number of fused-ring (bicyclic) bond motifs is 1. The molecule has 2 aromatic carbocycles. The van der Waals surface area contributed by atoms with E-state index in [2.05, 4.69) is 42.7 Å². The van der Waals surface area contributed by atoms with Crippen molar-refractivity contribution < 1.29 is 14.3 Å². The fraction of sp³-hybridized carbons (Fsp3) is 0.300. The van der Waals surface area contributed by atoms with Crippen LogP contribution in [-0.4, -0.2) is 23.7 Å². The summed E-state index contributed by atoms with van der Waals surface area (Å²) >= 11 is 1.67. The maximum absolute atomic E-state index is 12.2. The highest BCUT2D eigenvalue weighted by Crippen LogP contribution is 2.32. The Hall–Kier alpha value is -2.47. The first-order chi connectivity index (χ1) is 12.4. The Bertz CT molecular complexity index is 851. The van der Waals surface area contributed by atoms with Crippen molar-refractivity contribution in [1.82, 2.24) is 0 Å². The SMILES string of the molecule is Cc1ccc(SCCC(=O)Nc2ccc3c(c2)NC(=O)[C@@H](C)O3)cc1C. The molecule has 0 radical (unpaired) electrons. The summed E-state index contributed by atoms with van der Waals surface area (Å²) in [5.41, 5.74) is 3.75. The van der Waals surface area contributed by atoms with Gasteiger partial charge in [0, 0.05) is 22.8 Å². The van der Waals surface area contributed by atoms with E-state index in [9.17, 15) is 9.59 Å². The quantitative estimate of drug-likeness (QED) is 0.776. The zero-order valence-electron chi connectivity index (χ0n) is 15.1. The number of aryl methyl sites for hydroxylation is 2. The number of ether oxygens (including phenoxy) is 1. The molecule has 1 aliphatic rings. The summed E-state index contributed by atoms with van der Waals surface area (Å²) < 4.78 is 5.51. The molecule has 136 valence electrons. The van der Waals surface area contributed by atoms with Crippen LogP contribution in [0.1, 0.15) is 24.5 Å². The maximum Gasteiger partial charge on any atom is 0.265 e. The lowest BCUT2D eigenvalue weighted by molar-refractivity contribution is -0.122. The number of rotatable bonds is 5. The predicted molar refractivity (Wildman–Crippen MR) is 105 cm³/mol. The Morgan fingerprint density at radius 1 is 1.19 bits per heavy atom. The normalized spacial score (nSPS) is 15.7. The molecule has 1 atom stereocenters. The molecule has 0 spiro atoms. The van der Waals surface area contributed by atoms with Crippen LogP contribution >= 0.6 is 11.8 Å². The Balaban J connectivity index is 1.53. The molecule has 0 aromatic heterocycles. The monoisotopic (exact) mass is 370 g/mol. The maximum atomic E-state index is 12.2. The fourth-order valence-corrected chi connectivity index (χ4v) is 3.52. The zero-order valence-corrected chi connectivity index (χ0v) is 15.9. The van der Waals surface area contributed by atoms with E-state index in [1.54, 1.807) is 36.9 Å². The predicted octanol–water partition coefficient (Wildman–Crippen LogP) is 4.14. The van der Waals surface area contributed by atoms with Crippen molar-refractivity contribution in [2.45, 2.75) is 38.2 Å². The van der Waals surface area contributed by atoms with Gasteiger partial charge in [-0.1, -0.05) is 6.07 Å². The first kappa shape index (κ1) is 18.3. The third-order valence-corrected chi connectivity index (χ3v) is 5.27. The molecule has 6 heteroatoms. The van der Waals surface area contributed by atoms with E-state index >= 15 is 0 Å². The van der Waals surface area contributed by atoms with Crippen LogP contribution in [0.25, 0.3) is 0 Å². The molecule has 0 fully saturated rings. The van der Waals surface area contributed by atoms with Gasteiger partial charge in [-0.2, -0.15) is 0 Å². The minimum absolute atomic E-state index is 0.0577. The number of carbonyl (C=O) groups is 2. The zero-order chi connectivity index (χ0) is 18.7. The molecule has 0 unspecified atom stereocenters. The van der Waals surface area contributed by atoms with Crippen molar-refractivity contribution in [2.24, 2.45) is 0 Å². The van der Waals surface area contributed by atoms with Crippen LogP contribution < -0.4 is 15.4 Å². The van der Waals surface area contributed by atoms with Crippen LogP contribution in [0.2, 0.25) is 0 Å². The lowest BCUT2D eigenvalue weighted by atomic mass is 10.1. The highest BCUT2D eigenvalue weighted by molar-refractivity contribution is 7.99. The third-order valence-electron chi connectivity index (χ3n) is 4.27. The van der Waals surface area contributed by atoms with Gasteiger partial charge in [-0.05, 0) is 62.2 Å². The summed E-state index contributed by atoms with van der Waals surface area (Å²) in [6.45, 7) is 5.87. The smallest absolute Gasteiger partial charge is 0.265 e. The van der Waals surface area contributed by atoms with Gasteiger partial charge in [0.05, 0.1) is 5.69 Å². The summed E-state index contributed by atoms with van der Waals surface area (Å²) in [5, 5.41) is 5.64. The number of anilines is 2. The molecule has 5 nitrogen and oxygen atoms in total. The number of carbonyl (C=O) groups excluding carboxylic acids is 2. The summed E-state index contributed by atoms with van der Waals surface area (Å²) in [7, 11) is 0. The van der Waals surface area contributed by atoms with Gasteiger partial charge in [-0.25, -0.2) is 0 Å². The Kier molecular flexibility index (Phi) is 5.52. The highest BCUT2D eigenvalue weighted by Gasteiger charge is 2.23. The van der Waals surface area contributed by atoms with E-state index in [4.69, 9.17) is 4.74 Å². The molecular weight excluding hydrogens is 348 g/mol. The Morgan fingerprint density at radius 2 is 2.00 bits per heavy atom. The van der Waals surface area contributed by atoms with Crippen LogP contribution in [0, 0.1) is 13.8 Å². The number of amides is 2. The average Bonchev–Trinajstić information content (AvgIpc) is 2.59. The van der Waals surface area contributed by atoms with Crippen LogP contribution in [0.15, 0.2) is 41.3 Å². The average molecular weight is 370 g/mol. The molecule has 0 saturated heterocycles. The van der Waals surface area contributed by atoms with E-state index in [-0.39, 0.29) is 11.8 Å². The van der Waals surface area contributed by atoms with Crippen LogP contribution in [0.4, 0.5) is 11.4 Å². The molecule has 2 N–H and O–H groups in total. The first-order valence-electron chi connectivity index (χ1n) is 8.54. The van der Waals surface area contributed by atoms with E-state index in [1.807, 2.05) is 0 Å². The summed E-state index contributed by atoms with van der Waals surface area (Å²) in [4.78, 5) is 25.0. The molecule has 1 heterocycles. The minimum atomic E-state index is -0.509. The van der Waals surface area contributed by atoms with E-state index in [0.717, 1.165) is 0 Å². The topological polar surface area (TPSA) is 67.4 Å². The molecular formula is C20H22N2O3S. The third kappa shape index (κ3) is 4.38. The van der Waals surface area contributed by atoms with Gasteiger partial charge >= 0.3 is 0 Å². The molecule has 2 aromatic rings. The Labute approximate surface area is 157 Å². The van der Waals surface area contributed by atoms with Gasteiger partial charge < -0.3 is 15.4 Å². The van der Waals surface area contributed by atoms with Gasteiger partial charge in [-0.3, -0.25) is 9.59 Å². The van der Waals surface area contributed by atoms with Crippen LogP contribution in [0.3, 0.4) is 0 Å². The molecule has 0 saturated carbocycles. The highest BCUT2D eigenvalue weighted by atomic mass is 32.2. The van der Waals surface area contributed by atoms with Crippen molar-refractivity contribution >= 4 is 35.0 Å². The van der Waals surface area contributed by atoms with Crippen molar-refractivity contribution in [3.8, 4) is 5.75 Å². The minimum Gasteiger partial charge on any atom is -0.479 e. The summed E-state index contributed by atoms with van der Waals surface area (Å²) in [6, 6.07) is 11.6. The van der Waals surface area contributed by atoms with E-state index in [1.165, 1.54) is 16.0 Å². The second-order valence-corrected chi connectivity index (χ2v) is 7.52. The molecule has 3 rings (SSSR count). The van der Waals surface area contributed by atoms with E-state index in [0.29, 0.717) is 29.3 Å². The van der Waals surface area contributed by atoms with Gasteiger partial charge in [0.1, 0.15) is 5.75 Å². The lowest BCUT2D eigenvalue weighted by Crippen LogP contribution is -2.34. The molecule has 26 heavy (non-hydrogen) atoms. The number of hydrogen-bond donors (Lipinski definition) is 2. The largest absolute Gasteiger partial charge is 0.479 e. The van der Waals surface area contributed by atoms with Gasteiger partial charge in [-0.15, -0.1) is 11.8 Å². The number of thioether (sulfide) groups is 1. The number of hydrogen-bond acceptors (Lipinski definition) is 4. The fourth-order valence-electron chi connectivity index (χ4n) is 2.58. The first-order valence-corrected chi connectivity index (χ1v) is 9.52. The Morgan fingerprint density at radius 3 is 2.77 bits per heavy atom. The van der Waals surface area contributed by atoms with Gasteiger partial charge in [0.15, 0.2) is 6.10 Å². The van der Waals surface area contributed by atoms with Crippen molar-refractivity contribution in [3.05, 3.63) is 47.5 Å². The molecule has 0 aliphatic carbocycles. The van der Waals surface area contributed by atoms with Crippen molar-refractivity contribution in [1.29, 1.82) is 0 Å². The molecule has 2 amide bonds. The summed E-state index contributed by atoms with van der Waals surface area (Å²) in [6.07, 6.45) is -0.0976. The van der Waals surface area contributed by atoms with E-state index < -0.39 is 6.10 Å². The number of benzene rings is 2. The molecule has 0 bridgehead atoms.